The van der Waals surface area contributed by atoms with Gasteiger partial charge in [-0.25, -0.2) is 0 Å². The van der Waals surface area contributed by atoms with Crippen LogP contribution in [0.4, 0.5) is 11.4 Å². The van der Waals surface area contributed by atoms with Crippen LogP contribution in [0.2, 0.25) is 0 Å². The van der Waals surface area contributed by atoms with E-state index in [1.807, 2.05) is 54.4 Å². The highest BCUT2D eigenvalue weighted by Gasteiger charge is 2.11. The van der Waals surface area contributed by atoms with Crippen LogP contribution in [0.25, 0.3) is 0 Å². The van der Waals surface area contributed by atoms with Crippen molar-refractivity contribution in [1.29, 1.82) is 5.26 Å². The average molecular weight is 336 g/mol. The SMILES string of the molecule is CN(c1ccc(CCl)cc1Br)c1ccccc1C#N. The first-order chi connectivity index (χ1) is 9.17. The largest absolute Gasteiger partial charge is 0.343 e. The average Bonchev–Trinajstić information content (AvgIpc) is 2.46. The lowest BCUT2D eigenvalue weighted by atomic mass is 10.1. The van der Waals surface area contributed by atoms with Gasteiger partial charge in [-0.15, -0.1) is 11.6 Å². The summed E-state index contributed by atoms with van der Waals surface area (Å²) in [5.74, 6) is 0.484. The molecule has 0 saturated carbocycles. The fraction of sp³-hybridized carbons (Fsp3) is 0.133. The molecule has 0 amide bonds. The molecule has 0 aliphatic heterocycles. The van der Waals surface area contributed by atoms with Crippen LogP contribution >= 0.6 is 27.5 Å². The summed E-state index contributed by atoms with van der Waals surface area (Å²) in [7, 11) is 1.94. The van der Waals surface area contributed by atoms with E-state index in [4.69, 9.17) is 16.9 Å². The molecule has 0 aromatic heterocycles. The second kappa shape index (κ2) is 6.10. The van der Waals surface area contributed by atoms with Gasteiger partial charge in [0.25, 0.3) is 0 Å². The van der Waals surface area contributed by atoms with Crippen molar-refractivity contribution in [1.82, 2.24) is 0 Å². The smallest absolute Gasteiger partial charge is 0.101 e. The van der Waals surface area contributed by atoms with E-state index in [1.165, 1.54) is 0 Å². The quantitative estimate of drug-likeness (QED) is 0.751. The third kappa shape index (κ3) is 2.91. The van der Waals surface area contributed by atoms with Crippen molar-refractivity contribution in [3.63, 3.8) is 0 Å². The predicted molar refractivity (Wildman–Crippen MR) is 82.9 cm³/mol. The molecule has 0 fully saturated rings. The molecule has 96 valence electrons. The number of benzene rings is 2. The van der Waals surface area contributed by atoms with Crippen LogP contribution in [0.1, 0.15) is 11.1 Å². The molecule has 2 aromatic carbocycles. The normalized spacial score (nSPS) is 10.0. The first-order valence-electron chi connectivity index (χ1n) is 5.74. The van der Waals surface area contributed by atoms with E-state index in [9.17, 15) is 0 Å². The Labute approximate surface area is 126 Å². The molecule has 2 aromatic rings. The molecule has 2 nitrogen and oxygen atoms in total. The lowest BCUT2D eigenvalue weighted by molar-refractivity contribution is 1.18. The van der Waals surface area contributed by atoms with Crippen molar-refractivity contribution in [2.45, 2.75) is 5.88 Å². The Balaban J connectivity index is 2.45. The minimum absolute atomic E-state index is 0.484. The van der Waals surface area contributed by atoms with Crippen LogP contribution in [-0.2, 0) is 5.88 Å². The highest BCUT2D eigenvalue weighted by Crippen LogP contribution is 2.33. The van der Waals surface area contributed by atoms with Crippen LogP contribution in [0, 0.1) is 11.3 Å². The van der Waals surface area contributed by atoms with Gasteiger partial charge in [-0.1, -0.05) is 18.2 Å². The molecular formula is C15H12BrClN2. The fourth-order valence-corrected chi connectivity index (χ4v) is 2.75. The van der Waals surface area contributed by atoms with E-state index in [1.54, 1.807) is 0 Å². The van der Waals surface area contributed by atoms with Gasteiger partial charge in [-0.05, 0) is 45.8 Å². The van der Waals surface area contributed by atoms with E-state index in [0.717, 1.165) is 21.4 Å². The molecule has 0 radical (unpaired) electrons. The summed E-state index contributed by atoms with van der Waals surface area (Å²) in [5.41, 5.74) is 3.58. The monoisotopic (exact) mass is 334 g/mol. The molecule has 0 N–H and O–H groups in total. The number of halogens is 2. The Morgan fingerprint density at radius 1 is 1.21 bits per heavy atom. The molecule has 0 unspecified atom stereocenters. The summed E-state index contributed by atoms with van der Waals surface area (Å²) in [6.07, 6.45) is 0. The third-order valence-corrected chi connectivity index (χ3v) is 3.86. The van der Waals surface area contributed by atoms with Crippen molar-refractivity contribution < 1.29 is 0 Å². The molecular weight excluding hydrogens is 324 g/mol. The second-order valence-electron chi connectivity index (χ2n) is 4.11. The molecule has 4 heteroatoms. The van der Waals surface area contributed by atoms with Gasteiger partial charge in [-0.3, -0.25) is 0 Å². The van der Waals surface area contributed by atoms with Crippen molar-refractivity contribution in [2.75, 3.05) is 11.9 Å². The second-order valence-corrected chi connectivity index (χ2v) is 5.23. The number of alkyl halides is 1. The standard InChI is InChI=1S/C15H12BrClN2/c1-19(14-5-3-2-4-12(14)10-18)15-7-6-11(9-17)8-13(15)16/h2-8H,9H2,1H3. The fourth-order valence-electron chi connectivity index (χ4n) is 1.90. The van der Waals surface area contributed by atoms with Crippen molar-refractivity contribution >= 4 is 38.9 Å². The van der Waals surface area contributed by atoms with E-state index < -0.39 is 0 Å². The summed E-state index contributed by atoms with van der Waals surface area (Å²) in [4.78, 5) is 1.99. The Morgan fingerprint density at radius 3 is 2.58 bits per heavy atom. The first kappa shape index (κ1) is 13.9. The number of para-hydroxylation sites is 1. The lowest BCUT2D eigenvalue weighted by Gasteiger charge is -2.22. The Kier molecular flexibility index (Phi) is 4.47. The van der Waals surface area contributed by atoms with Gasteiger partial charge in [0.1, 0.15) is 6.07 Å². The maximum atomic E-state index is 9.16. The number of rotatable bonds is 3. The molecule has 0 saturated heterocycles. The van der Waals surface area contributed by atoms with Crippen molar-refractivity contribution in [3.05, 3.63) is 58.1 Å². The zero-order chi connectivity index (χ0) is 13.8. The Hall–Kier alpha value is -1.50. The molecule has 0 spiro atoms. The van der Waals surface area contributed by atoms with E-state index in [0.29, 0.717) is 11.4 Å². The summed E-state index contributed by atoms with van der Waals surface area (Å²) < 4.78 is 0.959. The topological polar surface area (TPSA) is 27.0 Å². The summed E-state index contributed by atoms with van der Waals surface area (Å²) in [5, 5.41) is 9.16. The molecule has 0 atom stereocenters. The molecule has 0 bridgehead atoms. The zero-order valence-corrected chi connectivity index (χ0v) is 12.7. The van der Waals surface area contributed by atoms with Crippen LogP contribution in [-0.4, -0.2) is 7.05 Å². The van der Waals surface area contributed by atoms with Crippen molar-refractivity contribution in [3.8, 4) is 6.07 Å². The summed E-state index contributed by atoms with van der Waals surface area (Å²) in [6, 6.07) is 15.7. The Bertz CT molecular complexity index is 634. The molecule has 0 aliphatic carbocycles. The van der Waals surface area contributed by atoms with Gasteiger partial charge in [0, 0.05) is 17.4 Å². The minimum Gasteiger partial charge on any atom is -0.343 e. The summed E-state index contributed by atoms with van der Waals surface area (Å²) in [6.45, 7) is 0. The number of nitrogens with zero attached hydrogens (tertiary/aromatic N) is 2. The summed E-state index contributed by atoms with van der Waals surface area (Å²) >= 11 is 9.37. The van der Waals surface area contributed by atoms with Crippen molar-refractivity contribution in [2.24, 2.45) is 0 Å². The lowest BCUT2D eigenvalue weighted by Crippen LogP contribution is -2.11. The van der Waals surface area contributed by atoms with Gasteiger partial charge >= 0.3 is 0 Å². The van der Waals surface area contributed by atoms with E-state index >= 15 is 0 Å². The molecule has 0 aliphatic rings. The molecule has 19 heavy (non-hydrogen) atoms. The maximum Gasteiger partial charge on any atom is 0.101 e. The Morgan fingerprint density at radius 2 is 1.95 bits per heavy atom. The minimum atomic E-state index is 0.484. The first-order valence-corrected chi connectivity index (χ1v) is 7.07. The molecule has 2 rings (SSSR count). The highest BCUT2D eigenvalue weighted by atomic mass is 79.9. The highest BCUT2D eigenvalue weighted by molar-refractivity contribution is 9.10. The number of nitriles is 1. The maximum absolute atomic E-state index is 9.16. The van der Waals surface area contributed by atoms with Gasteiger partial charge in [0.2, 0.25) is 0 Å². The van der Waals surface area contributed by atoms with Gasteiger partial charge in [-0.2, -0.15) is 5.26 Å². The van der Waals surface area contributed by atoms with Crippen LogP contribution < -0.4 is 4.90 Å². The van der Waals surface area contributed by atoms with Crippen LogP contribution in [0.3, 0.4) is 0 Å². The van der Waals surface area contributed by atoms with E-state index in [-0.39, 0.29) is 0 Å². The van der Waals surface area contributed by atoms with Crippen LogP contribution in [0.5, 0.6) is 0 Å². The predicted octanol–water partition coefficient (Wildman–Crippen LogP) is 4.83. The number of hydrogen-bond donors (Lipinski definition) is 0. The number of anilines is 2. The van der Waals surface area contributed by atoms with Gasteiger partial charge < -0.3 is 4.90 Å². The molecule has 0 heterocycles. The van der Waals surface area contributed by atoms with Crippen LogP contribution in [0.15, 0.2) is 46.9 Å². The number of hydrogen-bond acceptors (Lipinski definition) is 2. The van der Waals surface area contributed by atoms with Gasteiger partial charge in [0.15, 0.2) is 0 Å². The zero-order valence-electron chi connectivity index (χ0n) is 10.4. The van der Waals surface area contributed by atoms with Gasteiger partial charge in [0.05, 0.1) is 16.9 Å². The third-order valence-electron chi connectivity index (χ3n) is 2.91. The van der Waals surface area contributed by atoms with E-state index in [2.05, 4.69) is 22.0 Å².